The average molecular weight is 410 g/mol. The van der Waals surface area contributed by atoms with Crippen LogP contribution in [0.2, 0.25) is 0 Å². The molecule has 3 rings (SSSR count). The first-order valence-corrected chi connectivity index (χ1v) is 10.8. The first-order chi connectivity index (χ1) is 13.1. The summed E-state index contributed by atoms with van der Waals surface area (Å²) in [7, 11) is -3.73. The van der Waals surface area contributed by atoms with Gasteiger partial charge in [-0.05, 0) is 27.2 Å². The molecule has 1 aliphatic heterocycles. The topological polar surface area (TPSA) is 110 Å². The van der Waals surface area contributed by atoms with E-state index in [1.165, 1.54) is 4.31 Å². The van der Waals surface area contributed by atoms with E-state index in [1.54, 1.807) is 25.7 Å². The van der Waals surface area contributed by atoms with Gasteiger partial charge in [-0.25, -0.2) is 8.42 Å². The van der Waals surface area contributed by atoms with Crippen LogP contribution in [0.1, 0.15) is 59.5 Å². The highest BCUT2D eigenvalue weighted by molar-refractivity contribution is 7.89. The van der Waals surface area contributed by atoms with Crippen molar-refractivity contribution in [2.75, 3.05) is 26.2 Å². The second-order valence-corrected chi connectivity index (χ2v) is 9.24. The fourth-order valence-electron chi connectivity index (χ4n) is 3.51. The third kappa shape index (κ3) is 3.58. The summed E-state index contributed by atoms with van der Waals surface area (Å²) in [6.07, 6.45) is 0.537. The lowest BCUT2D eigenvalue weighted by molar-refractivity contribution is 0.0760. The normalized spacial score (nSPS) is 16.6. The minimum Gasteiger partial charge on any atom is -0.360 e. The van der Waals surface area contributed by atoms with Crippen LogP contribution in [0.5, 0.6) is 0 Å². The van der Waals surface area contributed by atoms with Crippen molar-refractivity contribution in [2.45, 2.75) is 51.9 Å². The monoisotopic (exact) mass is 410 g/mol. The molecule has 0 saturated carbocycles. The minimum absolute atomic E-state index is 0.0311. The van der Waals surface area contributed by atoms with Crippen molar-refractivity contribution in [3.8, 4) is 0 Å². The maximum atomic E-state index is 13.1. The van der Waals surface area contributed by atoms with Crippen LogP contribution in [-0.2, 0) is 10.0 Å². The SMILES string of the molecule is Cc1noc(C(C)C)c1C(=O)N1CCCN(S(=O)(=O)c2c(C)noc2C)CC1. The first-order valence-electron chi connectivity index (χ1n) is 9.33. The third-order valence-corrected chi connectivity index (χ3v) is 7.08. The van der Waals surface area contributed by atoms with E-state index in [0.29, 0.717) is 48.8 Å². The number of rotatable bonds is 4. The van der Waals surface area contributed by atoms with Gasteiger partial charge in [-0.15, -0.1) is 0 Å². The van der Waals surface area contributed by atoms with Gasteiger partial charge in [0.05, 0.1) is 5.69 Å². The van der Waals surface area contributed by atoms with Gasteiger partial charge < -0.3 is 13.9 Å². The molecule has 0 aromatic carbocycles. The van der Waals surface area contributed by atoms with Crippen molar-refractivity contribution in [2.24, 2.45) is 0 Å². The Morgan fingerprint density at radius 1 is 1.00 bits per heavy atom. The molecule has 0 radical (unpaired) electrons. The molecule has 28 heavy (non-hydrogen) atoms. The lowest BCUT2D eigenvalue weighted by Crippen LogP contribution is -2.38. The molecule has 1 saturated heterocycles. The van der Waals surface area contributed by atoms with E-state index in [1.807, 2.05) is 13.8 Å². The number of sulfonamides is 1. The Morgan fingerprint density at radius 3 is 2.29 bits per heavy atom. The van der Waals surface area contributed by atoms with Gasteiger partial charge in [0.25, 0.3) is 5.91 Å². The Bertz CT molecular complexity index is 957. The lowest BCUT2D eigenvalue weighted by Gasteiger charge is -2.22. The third-order valence-electron chi connectivity index (χ3n) is 4.94. The van der Waals surface area contributed by atoms with Gasteiger partial charge in [-0.2, -0.15) is 4.31 Å². The number of nitrogens with zero attached hydrogens (tertiary/aromatic N) is 4. The predicted octanol–water partition coefficient (Wildman–Crippen LogP) is 2.25. The molecule has 0 aliphatic carbocycles. The van der Waals surface area contributed by atoms with Crippen molar-refractivity contribution in [1.29, 1.82) is 0 Å². The summed E-state index contributed by atoms with van der Waals surface area (Å²) in [5, 5.41) is 7.69. The Morgan fingerprint density at radius 2 is 1.68 bits per heavy atom. The number of amides is 1. The summed E-state index contributed by atoms with van der Waals surface area (Å²) in [5.41, 5.74) is 1.38. The Kier molecular flexibility index (Phi) is 5.62. The van der Waals surface area contributed by atoms with Gasteiger partial charge in [-0.1, -0.05) is 24.2 Å². The quantitative estimate of drug-likeness (QED) is 0.760. The minimum atomic E-state index is -3.73. The summed E-state index contributed by atoms with van der Waals surface area (Å²) in [4.78, 5) is 14.9. The Balaban J connectivity index is 1.81. The summed E-state index contributed by atoms with van der Waals surface area (Å²) >= 11 is 0. The largest absolute Gasteiger partial charge is 0.360 e. The van der Waals surface area contributed by atoms with Crippen LogP contribution in [0.3, 0.4) is 0 Å². The van der Waals surface area contributed by atoms with Crippen LogP contribution in [0.4, 0.5) is 0 Å². The van der Waals surface area contributed by atoms with Crippen molar-refractivity contribution in [1.82, 2.24) is 19.5 Å². The molecular formula is C18H26N4O5S. The van der Waals surface area contributed by atoms with E-state index in [-0.39, 0.29) is 29.0 Å². The first kappa shape index (κ1) is 20.5. The maximum Gasteiger partial charge on any atom is 0.259 e. The van der Waals surface area contributed by atoms with Gasteiger partial charge in [0.15, 0.2) is 11.5 Å². The van der Waals surface area contributed by atoms with Gasteiger partial charge >= 0.3 is 0 Å². The van der Waals surface area contributed by atoms with Crippen LogP contribution in [-0.4, -0.2) is 60.0 Å². The van der Waals surface area contributed by atoms with Crippen molar-refractivity contribution < 1.29 is 22.3 Å². The van der Waals surface area contributed by atoms with E-state index < -0.39 is 10.0 Å². The predicted molar refractivity (Wildman–Crippen MR) is 101 cm³/mol. The van der Waals surface area contributed by atoms with Crippen LogP contribution in [0.15, 0.2) is 13.9 Å². The van der Waals surface area contributed by atoms with E-state index in [9.17, 15) is 13.2 Å². The van der Waals surface area contributed by atoms with Crippen molar-refractivity contribution in [3.63, 3.8) is 0 Å². The fourth-order valence-corrected chi connectivity index (χ4v) is 5.27. The van der Waals surface area contributed by atoms with Crippen molar-refractivity contribution in [3.05, 3.63) is 28.5 Å². The highest BCUT2D eigenvalue weighted by atomic mass is 32.2. The molecule has 1 aliphatic rings. The Hall–Kier alpha value is -2.20. The standard InChI is InChI=1S/C18H26N4O5S/c1-11(2)16-15(12(3)19-27-16)18(23)21-7-6-8-22(10-9-21)28(24,25)17-13(4)20-26-14(17)5/h11H,6-10H2,1-5H3. The van der Waals surface area contributed by atoms with Crippen LogP contribution in [0.25, 0.3) is 0 Å². The van der Waals surface area contributed by atoms with Gasteiger partial charge in [-0.3, -0.25) is 4.79 Å². The van der Waals surface area contributed by atoms with Gasteiger partial charge in [0, 0.05) is 32.1 Å². The highest BCUT2D eigenvalue weighted by Gasteiger charge is 2.34. The zero-order valence-electron chi connectivity index (χ0n) is 16.9. The average Bonchev–Trinajstić information content (AvgIpc) is 3.06. The molecule has 10 heteroatoms. The number of hydrogen-bond acceptors (Lipinski definition) is 7. The van der Waals surface area contributed by atoms with Crippen molar-refractivity contribution >= 4 is 15.9 Å². The summed E-state index contributed by atoms with van der Waals surface area (Å²) in [6.45, 7) is 10.1. The molecule has 0 spiro atoms. The van der Waals surface area contributed by atoms with E-state index in [4.69, 9.17) is 9.05 Å². The molecular weight excluding hydrogens is 384 g/mol. The zero-order valence-corrected chi connectivity index (χ0v) is 17.7. The van der Waals surface area contributed by atoms with Crippen LogP contribution >= 0.6 is 0 Å². The summed E-state index contributed by atoms with van der Waals surface area (Å²) in [5.74, 6) is 0.700. The maximum absolute atomic E-state index is 13.1. The molecule has 0 atom stereocenters. The number of aromatic nitrogens is 2. The molecule has 154 valence electrons. The molecule has 0 bridgehead atoms. The van der Waals surface area contributed by atoms with Crippen LogP contribution in [0, 0.1) is 20.8 Å². The van der Waals surface area contributed by atoms with E-state index in [0.717, 1.165) is 0 Å². The molecule has 2 aromatic rings. The van der Waals surface area contributed by atoms with Gasteiger partial charge in [0.2, 0.25) is 10.0 Å². The molecule has 2 aromatic heterocycles. The fraction of sp³-hybridized carbons (Fsp3) is 0.611. The molecule has 1 amide bonds. The molecule has 0 N–H and O–H groups in total. The molecule has 1 fully saturated rings. The van der Waals surface area contributed by atoms with E-state index in [2.05, 4.69) is 10.3 Å². The number of hydrogen-bond donors (Lipinski definition) is 0. The smallest absolute Gasteiger partial charge is 0.259 e. The van der Waals surface area contributed by atoms with Gasteiger partial charge in [0.1, 0.15) is 16.2 Å². The molecule has 3 heterocycles. The lowest BCUT2D eigenvalue weighted by atomic mass is 10.0. The zero-order chi connectivity index (χ0) is 20.6. The van der Waals surface area contributed by atoms with E-state index >= 15 is 0 Å². The highest BCUT2D eigenvalue weighted by Crippen LogP contribution is 2.26. The summed E-state index contributed by atoms with van der Waals surface area (Å²) < 4.78 is 37.8. The molecule has 0 unspecified atom stereocenters. The number of carbonyl (C=O) groups is 1. The number of carbonyl (C=O) groups excluding carboxylic acids is 1. The second kappa shape index (κ2) is 7.67. The van der Waals surface area contributed by atoms with Crippen LogP contribution < -0.4 is 0 Å². The summed E-state index contributed by atoms with van der Waals surface area (Å²) in [6, 6.07) is 0. The molecule has 9 nitrogen and oxygen atoms in total. The number of aryl methyl sites for hydroxylation is 3. The second-order valence-electron chi connectivity index (χ2n) is 7.37. The Labute approximate surface area is 164 Å².